The van der Waals surface area contributed by atoms with E-state index in [0.29, 0.717) is 6.42 Å². The maximum absolute atomic E-state index is 11.3. The smallest absolute Gasteiger partial charge is 0.242 e. The van der Waals surface area contributed by atoms with Gasteiger partial charge in [-0.3, -0.25) is 15.0 Å². The number of Topliss-reactive ketones (excluding diaryl/α,β-unsaturated/α-hetero) is 1. The molecule has 1 rings (SSSR count). The highest BCUT2D eigenvalue weighted by Gasteiger charge is 2.08. The second kappa shape index (κ2) is 8.20. The molecule has 1 fully saturated rings. The Kier molecular flexibility index (Phi) is 6.71. The second-order valence-electron chi connectivity index (χ2n) is 3.96. The number of carbonyl (C=O) groups excluding carboxylic acids is 2. The van der Waals surface area contributed by atoms with E-state index in [1.54, 1.807) is 0 Å². The molecule has 1 heterocycles. The number of amides is 1. The molecule has 1 saturated heterocycles. The summed E-state index contributed by atoms with van der Waals surface area (Å²) in [5, 5.41) is 0. The van der Waals surface area contributed by atoms with Crippen molar-refractivity contribution in [2.75, 3.05) is 6.54 Å². The molecule has 0 saturated carbocycles. The Morgan fingerprint density at radius 1 is 0.875 bits per heavy atom. The van der Waals surface area contributed by atoms with Gasteiger partial charge in [0.15, 0.2) is 0 Å². The molecule has 0 aromatic heterocycles. The first-order valence-electron chi connectivity index (χ1n) is 5.82. The van der Waals surface area contributed by atoms with Gasteiger partial charge in [0.2, 0.25) is 5.91 Å². The van der Waals surface area contributed by atoms with Crippen LogP contribution in [0.4, 0.5) is 0 Å². The van der Waals surface area contributed by atoms with Gasteiger partial charge in [-0.1, -0.05) is 19.3 Å². The number of hydrogen-bond donors (Lipinski definition) is 4. The number of ketones is 1. The Balaban J connectivity index is 2.26. The van der Waals surface area contributed by atoms with Crippen molar-refractivity contribution in [2.45, 2.75) is 44.9 Å². The predicted octanol–water partition coefficient (Wildman–Crippen LogP) is -0.0702. The van der Waals surface area contributed by atoms with Crippen molar-refractivity contribution in [1.82, 2.24) is 21.9 Å². The topological polar surface area (TPSA) is 82.3 Å². The van der Waals surface area contributed by atoms with Gasteiger partial charge >= 0.3 is 0 Å². The predicted molar refractivity (Wildman–Crippen MR) is 59.7 cm³/mol. The molecule has 0 aromatic rings. The quantitative estimate of drug-likeness (QED) is 0.436. The van der Waals surface area contributed by atoms with Gasteiger partial charge in [0.25, 0.3) is 0 Å². The molecule has 6 heteroatoms. The minimum Gasteiger partial charge on any atom is -0.299 e. The van der Waals surface area contributed by atoms with Gasteiger partial charge in [-0.25, -0.2) is 5.43 Å². The van der Waals surface area contributed by atoms with Crippen molar-refractivity contribution in [3.63, 3.8) is 0 Å². The third-order valence-corrected chi connectivity index (χ3v) is 2.47. The SMILES string of the molecule is O=C1CCCCCCCNNNNC(=O)C1. The maximum Gasteiger partial charge on any atom is 0.242 e. The van der Waals surface area contributed by atoms with E-state index < -0.39 is 0 Å². The van der Waals surface area contributed by atoms with Gasteiger partial charge in [-0.2, -0.15) is 11.1 Å². The molecule has 1 amide bonds. The van der Waals surface area contributed by atoms with E-state index in [1.165, 1.54) is 0 Å². The van der Waals surface area contributed by atoms with Crippen LogP contribution in [0.5, 0.6) is 0 Å². The molecule has 16 heavy (non-hydrogen) atoms. The summed E-state index contributed by atoms with van der Waals surface area (Å²) in [4.78, 5) is 22.5. The van der Waals surface area contributed by atoms with Gasteiger partial charge < -0.3 is 0 Å². The third-order valence-electron chi connectivity index (χ3n) is 2.47. The van der Waals surface area contributed by atoms with E-state index in [4.69, 9.17) is 0 Å². The molecule has 1 aliphatic rings. The zero-order chi connectivity index (χ0) is 11.6. The molecule has 0 atom stereocenters. The lowest BCUT2D eigenvalue weighted by Gasteiger charge is -2.10. The van der Waals surface area contributed by atoms with Crippen LogP contribution >= 0.6 is 0 Å². The van der Waals surface area contributed by atoms with Gasteiger partial charge in [0.05, 0.1) is 6.42 Å². The molecule has 92 valence electrons. The van der Waals surface area contributed by atoms with Gasteiger partial charge in [-0.05, 0) is 12.8 Å². The fourth-order valence-corrected chi connectivity index (χ4v) is 1.59. The van der Waals surface area contributed by atoms with Crippen molar-refractivity contribution in [3.05, 3.63) is 0 Å². The first-order valence-corrected chi connectivity index (χ1v) is 5.82. The standard InChI is InChI=1S/C10H20N4O2/c15-9-6-4-2-1-3-5-7-11-13-14-12-10(16)8-9/h11,13-14H,1-8H2,(H,12,16). The molecule has 1 aliphatic heterocycles. The van der Waals surface area contributed by atoms with Crippen LogP contribution in [-0.2, 0) is 9.59 Å². The maximum atomic E-state index is 11.3. The molecular weight excluding hydrogens is 208 g/mol. The molecule has 6 nitrogen and oxygen atoms in total. The van der Waals surface area contributed by atoms with Crippen LogP contribution in [0.25, 0.3) is 0 Å². The summed E-state index contributed by atoms with van der Waals surface area (Å²) in [5.41, 5.74) is 10.4. The minimum absolute atomic E-state index is 0.00400. The molecule has 0 radical (unpaired) electrons. The van der Waals surface area contributed by atoms with Crippen LogP contribution < -0.4 is 21.9 Å². The zero-order valence-electron chi connectivity index (χ0n) is 9.47. The van der Waals surface area contributed by atoms with Crippen LogP contribution in [0, 0.1) is 0 Å². The molecule has 0 aromatic carbocycles. The highest BCUT2D eigenvalue weighted by Crippen LogP contribution is 2.06. The molecule has 0 unspecified atom stereocenters. The molecule has 4 N–H and O–H groups in total. The van der Waals surface area contributed by atoms with Crippen molar-refractivity contribution in [2.24, 2.45) is 0 Å². The fourth-order valence-electron chi connectivity index (χ4n) is 1.59. The average molecular weight is 228 g/mol. The molecule has 0 bridgehead atoms. The Hall–Kier alpha value is -0.980. The summed E-state index contributed by atoms with van der Waals surface area (Å²) in [6.07, 6.45) is 5.82. The van der Waals surface area contributed by atoms with Crippen LogP contribution in [0.1, 0.15) is 44.9 Å². The van der Waals surface area contributed by atoms with E-state index in [2.05, 4.69) is 21.9 Å². The number of rotatable bonds is 0. The van der Waals surface area contributed by atoms with Crippen LogP contribution in [0.15, 0.2) is 0 Å². The van der Waals surface area contributed by atoms with Crippen LogP contribution in [0.3, 0.4) is 0 Å². The molecular formula is C10H20N4O2. The van der Waals surface area contributed by atoms with Crippen molar-refractivity contribution in [1.29, 1.82) is 0 Å². The van der Waals surface area contributed by atoms with Gasteiger partial charge in [0.1, 0.15) is 5.78 Å². The molecule has 0 spiro atoms. The van der Waals surface area contributed by atoms with E-state index in [-0.39, 0.29) is 18.1 Å². The number of nitrogens with one attached hydrogen (secondary N) is 4. The Morgan fingerprint density at radius 3 is 2.50 bits per heavy atom. The normalized spacial score (nSPS) is 22.2. The Morgan fingerprint density at radius 2 is 1.62 bits per heavy atom. The summed E-state index contributed by atoms with van der Waals surface area (Å²) >= 11 is 0. The van der Waals surface area contributed by atoms with Gasteiger partial charge in [-0.15, -0.1) is 0 Å². The lowest BCUT2D eigenvalue weighted by Crippen LogP contribution is -2.53. The lowest BCUT2D eigenvalue weighted by atomic mass is 10.1. The van der Waals surface area contributed by atoms with E-state index >= 15 is 0 Å². The number of hydrazine groups is 3. The first kappa shape index (κ1) is 13.1. The second-order valence-corrected chi connectivity index (χ2v) is 3.96. The third kappa shape index (κ3) is 6.49. The first-order chi connectivity index (χ1) is 7.79. The number of carbonyl (C=O) groups is 2. The minimum atomic E-state index is -0.309. The fraction of sp³-hybridized carbons (Fsp3) is 0.800. The Labute approximate surface area is 95.5 Å². The summed E-state index contributed by atoms with van der Waals surface area (Å²) in [6.45, 7) is 0.849. The largest absolute Gasteiger partial charge is 0.299 e. The van der Waals surface area contributed by atoms with Crippen LogP contribution in [-0.4, -0.2) is 18.2 Å². The van der Waals surface area contributed by atoms with Gasteiger partial charge in [0, 0.05) is 13.0 Å². The van der Waals surface area contributed by atoms with E-state index in [1.807, 2.05) is 0 Å². The Bertz CT molecular complexity index is 211. The number of hydrogen-bond acceptors (Lipinski definition) is 5. The van der Waals surface area contributed by atoms with E-state index in [9.17, 15) is 9.59 Å². The van der Waals surface area contributed by atoms with E-state index in [0.717, 1.165) is 38.6 Å². The zero-order valence-corrected chi connectivity index (χ0v) is 9.47. The molecule has 0 aliphatic carbocycles. The van der Waals surface area contributed by atoms with Crippen molar-refractivity contribution in [3.8, 4) is 0 Å². The monoisotopic (exact) mass is 228 g/mol. The summed E-state index contributed by atoms with van der Waals surface area (Å²) in [5.74, 6) is -0.305. The lowest BCUT2D eigenvalue weighted by molar-refractivity contribution is -0.129. The highest BCUT2D eigenvalue weighted by atomic mass is 16.2. The summed E-state index contributed by atoms with van der Waals surface area (Å²) in [7, 11) is 0. The van der Waals surface area contributed by atoms with Crippen LogP contribution in [0.2, 0.25) is 0 Å². The highest BCUT2D eigenvalue weighted by molar-refractivity contribution is 5.97. The summed E-state index contributed by atoms with van der Waals surface area (Å²) < 4.78 is 0. The van der Waals surface area contributed by atoms with Crippen molar-refractivity contribution < 1.29 is 9.59 Å². The van der Waals surface area contributed by atoms with Crippen molar-refractivity contribution >= 4 is 11.7 Å². The average Bonchev–Trinajstić information content (AvgIpc) is 2.25. The summed E-state index contributed by atoms with van der Waals surface area (Å²) in [6, 6.07) is 0.